The summed E-state index contributed by atoms with van der Waals surface area (Å²) in [4.78, 5) is 72.3. The molecule has 7 N–H and O–H groups in total. The van der Waals surface area contributed by atoms with E-state index in [1.54, 1.807) is 13.1 Å². The fraction of sp³-hybridized carbons (Fsp3) is 0.533. The van der Waals surface area contributed by atoms with Crippen LogP contribution in [0.4, 0.5) is 0 Å². The van der Waals surface area contributed by atoms with Gasteiger partial charge in [-0.15, -0.1) is 0 Å². The fourth-order valence-corrected chi connectivity index (χ4v) is 6.83. The highest BCUT2D eigenvalue weighted by molar-refractivity contribution is 5.91. The number of esters is 2. The van der Waals surface area contributed by atoms with Crippen LogP contribution in [0.3, 0.4) is 0 Å². The normalized spacial score (nSPS) is 26.0. The maximum Gasteiger partial charge on any atom is 0.345 e. The van der Waals surface area contributed by atoms with E-state index < -0.39 is 103 Å². The van der Waals surface area contributed by atoms with Gasteiger partial charge in [0.25, 0.3) is 0 Å². The topological polar surface area (TPSA) is 264 Å². The van der Waals surface area contributed by atoms with Crippen molar-refractivity contribution in [2.24, 2.45) is 5.92 Å². The highest BCUT2D eigenvalue weighted by atomic mass is 16.6. The van der Waals surface area contributed by atoms with Crippen molar-refractivity contribution in [2.75, 3.05) is 7.05 Å². The van der Waals surface area contributed by atoms with Gasteiger partial charge in [-0.05, 0) is 37.6 Å². The summed E-state index contributed by atoms with van der Waals surface area (Å²) in [6.45, 7) is 1.81. The first-order valence-corrected chi connectivity index (χ1v) is 14.5. The number of carbonyl (C=O) groups is 6. The van der Waals surface area contributed by atoms with Gasteiger partial charge in [-0.1, -0.05) is 13.0 Å². The molecular formula is C30H35NO15. The van der Waals surface area contributed by atoms with Crippen LogP contribution in [0.2, 0.25) is 0 Å². The minimum absolute atomic E-state index is 0.00410. The van der Waals surface area contributed by atoms with Gasteiger partial charge in [0.15, 0.2) is 23.7 Å². The Hall–Kier alpha value is -4.54. The molecule has 3 aliphatic rings. The molecule has 0 unspecified atom stereocenters. The number of rotatable bonds is 15. The number of aliphatic carboxylic acids is 3. The van der Waals surface area contributed by atoms with E-state index in [1.807, 2.05) is 6.92 Å². The molecule has 0 bridgehead atoms. The number of hydrogen-bond donors (Lipinski definition) is 7. The first kappa shape index (κ1) is 34.3. The van der Waals surface area contributed by atoms with Crippen LogP contribution >= 0.6 is 0 Å². The van der Waals surface area contributed by atoms with Crippen molar-refractivity contribution in [1.29, 1.82) is 0 Å². The van der Waals surface area contributed by atoms with Gasteiger partial charge in [0.2, 0.25) is 6.10 Å². The van der Waals surface area contributed by atoms with Crippen molar-refractivity contribution in [2.45, 2.75) is 87.2 Å². The van der Waals surface area contributed by atoms with Gasteiger partial charge in [0, 0.05) is 30.9 Å². The quantitative estimate of drug-likeness (QED) is 0.121. The van der Waals surface area contributed by atoms with E-state index in [2.05, 4.69) is 5.32 Å². The predicted molar refractivity (Wildman–Crippen MR) is 151 cm³/mol. The lowest BCUT2D eigenvalue weighted by molar-refractivity contribution is -0.171. The molecule has 2 aliphatic carbocycles. The van der Waals surface area contributed by atoms with Crippen LogP contribution in [0.15, 0.2) is 24.0 Å². The number of carboxylic acid groups (broad SMARTS) is 3. The minimum Gasteiger partial charge on any atom is -0.504 e. The summed E-state index contributed by atoms with van der Waals surface area (Å²) >= 11 is 0. The molecule has 0 saturated heterocycles. The number of carbonyl (C=O) groups excluding carboxylic acids is 3. The molecule has 1 aromatic rings. The molecule has 0 fully saturated rings. The second kappa shape index (κ2) is 13.1. The Labute approximate surface area is 261 Å². The molecule has 4 rings (SSSR count). The minimum atomic E-state index is -2.16. The number of hydrogen-bond acceptors (Lipinski definition) is 13. The lowest BCUT2D eigenvalue weighted by atomic mass is 9.52. The number of aliphatic hydroxyl groups excluding tert-OH is 1. The number of phenols is 1. The van der Waals surface area contributed by atoms with E-state index in [0.717, 1.165) is 5.56 Å². The molecule has 0 saturated carbocycles. The fourth-order valence-electron chi connectivity index (χ4n) is 6.83. The molecule has 250 valence electrons. The summed E-state index contributed by atoms with van der Waals surface area (Å²) in [6, 6.07) is 2.74. The zero-order chi connectivity index (χ0) is 34.1. The summed E-state index contributed by atoms with van der Waals surface area (Å²) in [5.41, 5.74) is -1.23. The third-order valence-electron chi connectivity index (χ3n) is 8.96. The van der Waals surface area contributed by atoms with E-state index in [9.17, 15) is 49.2 Å². The number of aromatic hydroxyl groups is 1. The second-order valence-electron chi connectivity index (χ2n) is 11.6. The Morgan fingerprint density at radius 3 is 2.33 bits per heavy atom. The smallest absolute Gasteiger partial charge is 0.345 e. The van der Waals surface area contributed by atoms with Crippen LogP contribution in [0.1, 0.15) is 56.6 Å². The molecule has 16 nitrogen and oxygen atoms in total. The van der Waals surface area contributed by atoms with E-state index in [-0.39, 0.29) is 23.7 Å². The zero-order valence-corrected chi connectivity index (χ0v) is 24.9. The van der Waals surface area contributed by atoms with E-state index >= 15 is 0 Å². The molecule has 1 aromatic carbocycles. The van der Waals surface area contributed by atoms with Crippen molar-refractivity contribution >= 4 is 35.6 Å². The number of aliphatic hydroxyl groups is 2. The van der Waals surface area contributed by atoms with Gasteiger partial charge in [-0.25, -0.2) is 9.59 Å². The van der Waals surface area contributed by atoms with Gasteiger partial charge in [-0.2, -0.15) is 0 Å². The largest absolute Gasteiger partial charge is 0.504 e. The Balaban J connectivity index is 1.61. The number of nitrogens with one attached hydrogen (secondary N) is 1. The Kier molecular flexibility index (Phi) is 9.75. The average molecular weight is 650 g/mol. The molecule has 1 aliphatic heterocycles. The molecule has 7 atom stereocenters. The molecular weight excluding hydrogens is 614 g/mol. The van der Waals surface area contributed by atoms with Gasteiger partial charge < -0.3 is 50.2 Å². The van der Waals surface area contributed by atoms with Crippen LogP contribution in [0.25, 0.3) is 0 Å². The van der Waals surface area contributed by atoms with Crippen LogP contribution < -0.4 is 10.1 Å². The lowest BCUT2D eigenvalue weighted by Gasteiger charge is -2.56. The highest BCUT2D eigenvalue weighted by Crippen LogP contribution is 2.63. The third kappa shape index (κ3) is 6.02. The Morgan fingerprint density at radius 2 is 1.74 bits per heavy atom. The molecule has 46 heavy (non-hydrogen) atoms. The number of benzene rings is 1. The Morgan fingerprint density at radius 1 is 1.04 bits per heavy atom. The second-order valence-corrected chi connectivity index (χ2v) is 11.6. The van der Waals surface area contributed by atoms with Crippen LogP contribution in [0, 0.1) is 5.92 Å². The SMILES string of the molecule is CC[C@]12c3c4ccc(O)c3O[C@H]1C(OC(=O)C[C@H](CC(=O)C[C@H](O)C(=O)O)C(=O)O[C@H](CC(=O)O)C(=O)O)=CC[C@@]2(O)[C@H](NC)C4. The number of ketones is 1. The number of likely N-dealkylation sites (N-methyl/N-ethyl adjacent to an activating group) is 1. The van der Waals surface area contributed by atoms with Crippen LogP contribution in [-0.4, -0.2) is 103 Å². The number of ether oxygens (including phenoxy) is 3. The molecule has 0 radical (unpaired) electrons. The van der Waals surface area contributed by atoms with Crippen molar-refractivity contribution in [1.82, 2.24) is 5.32 Å². The number of Topliss-reactive ketones (excluding diaryl/α,β-unsaturated/α-hetero) is 1. The maximum atomic E-state index is 13.3. The number of carboxylic acids is 3. The first-order valence-electron chi connectivity index (χ1n) is 14.5. The Bertz CT molecular complexity index is 1490. The van der Waals surface area contributed by atoms with Crippen LogP contribution in [0.5, 0.6) is 11.5 Å². The van der Waals surface area contributed by atoms with E-state index in [1.165, 1.54) is 12.1 Å². The average Bonchev–Trinajstić information content (AvgIpc) is 3.36. The van der Waals surface area contributed by atoms with Crippen molar-refractivity contribution in [3.63, 3.8) is 0 Å². The van der Waals surface area contributed by atoms with Gasteiger partial charge in [0.1, 0.15) is 11.5 Å². The third-order valence-corrected chi connectivity index (χ3v) is 8.96. The van der Waals surface area contributed by atoms with Crippen molar-refractivity contribution in [3.05, 3.63) is 35.1 Å². The molecule has 16 heteroatoms. The monoisotopic (exact) mass is 649 g/mol. The van der Waals surface area contributed by atoms with Crippen molar-refractivity contribution < 1.29 is 73.6 Å². The van der Waals surface area contributed by atoms with Crippen LogP contribution in [-0.2, 0) is 50.1 Å². The zero-order valence-electron chi connectivity index (χ0n) is 24.9. The highest BCUT2D eigenvalue weighted by Gasteiger charge is 2.69. The van der Waals surface area contributed by atoms with Crippen molar-refractivity contribution in [3.8, 4) is 11.5 Å². The summed E-state index contributed by atoms with van der Waals surface area (Å²) in [6.07, 6.45) is -7.07. The van der Waals surface area contributed by atoms with E-state index in [4.69, 9.17) is 24.4 Å². The summed E-state index contributed by atoms with van der Waals surface area (Å²) in [5, 5.41) is 62.7. The molecule has 0 aromatic heterocycles. The van der Waals surface area contributed by atoms with E-state index in [0.29, 0.717) is 18.4 Å². The lowest BCUT2D eigenvalue weighted by Crippen LogP contribution is -2.70. The summed E-state index contributed by atoms with van der Waals surface area (Å²) < 4.78 is 16.6. The molecule has 1 heterocycles. The standard InChI is InChI=1S/C30H35NO15/c1-3-29-23-13-4-5-16(33)24(23)46-25(29)18(6-7-30(29,43)20(9-13)31-2)44-22(37)10-14(8-15(32)11-17(34)26(38)39)28(42)45-19(27(40)41)12-21(35)36/h4-6,14,17,19-20,25,31,33-34,43H,3,7-12H2,1-2H3,(H,35,36)(H,38,39)(H,40,41)/t14-,17-,19+,20+,25-,29-,30+/m0/s1. The van der Waals surface area contributed by atoms with Gasteiger partial charge in [-0.3, -0.25) is 19.2 Å². The molecule has 0 spiro atoms. The van der Waals surface area contributed by atoms with Gasteiger partial charge >= 0.3 is 29.8 Å². The first-order chi connectivity index (χ1) is 21.6. The number of phenolic OH excluding ortho intramolecular Hbond substituents is 1. The maximum absolute atomic E-state index is 13.3. The molecule has 0 amide bonds. The summed E-state index contributed by atoms with van der Waals surface area (Å²) in [5.74, 6) is -10.5. The van der Waals surface area contributed by atoms with Gasteiger partial charge in [0.05, 0.1) is 29.8 Å². The summed E-state index contributed by atoms with van der Waals surface area (Å²) in [7, 11) is 1.70. The predicted octanol–water partition coefficient (Wildman–Crippen LogP) is -0.221.